The lowest BCUT2D eigenvalue weighted by atomic mass is 10.0. The standard InChI is InChI=1S/C14H14N4OS/c1-8-3-6-12(18-13(15)16-17-14(18)20)11-7-9(19-2)4-5-10(8)11/h3-7H,1-2H3,(H2,15,16)(H,17,20). The first-order chi connectivity index (χ1) is 9.61. The van der Waals surface area contributed by atoms with Gasteiger partial charge in [-0.1, -0.05) is 12.1 Å². The quantitative estimate of drug-likeness (QED) is 0.711. The number of nitrogens with one attached hydrogen (secondary N) is 1. The zero-order chi connectivity index (χ0) is 14.3. The molecule has 1 heterocycles. The van der Waals surface area contributed by atoms with Crippen LogP contribution in [0.3, 0.4) is 0 Å². The second-order valence-electron chi connectivity index (χ2n) is 4.54. The molecule has 0 saturated carbocycles. The summed E-state index contributed by atoms with van der Waals surface area (Å²) < 4.78 is 7.49. The molecule has 0 bridgehead atoms. The monoisotopic (exact) mass is 286 g/mol. The molecule has 1 aromatic heterocycles. The number of nitrogens with two attached hydrogens (primary N) is 1. The summed E-state index contributed by atoms with van der Waals surface area (Å²) in [4.78, 5) is 0. The number of anilines is 1. The van der Waals surface area contributed by atoms with Crippen molar-refractivity contribution in [1.82, 2.24) is 14.8 Å². The summed E-state index contributed by atoms with van der Waals surface area (Å²) in [7, 11) is 1.65. The van der Waals surface area contributed by atoms with Crippen LogP contribution in [0.5, 0.6) is 5.75 Å². The molecule has 0 amide bonds. The molecule has 0 aliphatic rings. The highest BCUT2D eigenvalue weighted by Gasteiger charge is 2.11. The van der Waals surface area contributed by atoms with Gasteiger partial charge in [0.15, 0.2) is 0 Å². The molecule has 102 valence electrons. The predicted octanol–water partition coefficient (Wildman–Crippen LogP) is 2.98. The molecular formula is C14H14N4OS. The third-order valence-corrected chi connectivity index (χ3v) is 3.63. The van der Waals surface area contributed by atoms with Crippen LogP contribution in [0, 0.1) is 11.7 Å². The lowest BCUT2D eigenvalue weighted by molar-refractivity contribution is 0.415. The fraction of sp³-hybridized carbons (Fsp3) is 0.143. The number of H-pyrrole nitrogens is 1. The largest absolute Gasteiger partial charge is 0.497 e. The molecule has 2 aromatic carbocycles. The van der Waals surface area contributed by atoms with Crippen molar-refractivity contribution in [3.05, 3.63) is 40.7 Å². The number of fused-ring (bicyclic) bond motifs is 1. The smallest absolute Gasteiger partial charge is 0.225 e. The lowest BCUT2D eigenvalue weighted by Gasteiger charge is -2.11. The molecular weight excluding hydrogens is 272 g/mol. The highest BCUT2D eigenvalue weighted by atomic mass is 32.1. The zero-order valence-corrected chi connectivity index (χ0v) is 12.0. The molecule has 5 nitrogen and oxygen atoms in total. The Morgan fingerprint density at radius 2 is 2.05 bits per heavy atom. The molecule has 0 fully saturated rings. The van der Waals surface area contributed by atoms with Gasteiger partial charge in [-0.05, 0) is 48.3 Å². The second-order valence-corrected chi connectivity index (χ2v) is 4.92. The Hall–Kier alpha value is -2.34. The van der Waals surface area contributed by atoms with E-state index in [1.807, 2.05) is 30.3 Å². The first kappa shape index (κ1) is 12.7. The van der Waals surface area contributed by atoms with Gasteiger partial charge in [0, 0.05) is 5.39 Å². The van der Waals surface area contributed by atoms with Gasteiger partial charge in [0.2, 0.25) is 10.7 Å². The molecule has 0 atom stereocenters. The Balaban J connectivity index is 2.42. The summed E-state index contributed by atoms with van der Waals surface area (Å²) in [6.07, 6.45) is 0. The van der Waals surface area contributed by atoms with Crippen LogP contribution in [0.25, 0.3) is 16.5 Å². The van der Waals surface area contributed by atoms with Crippen LogP contribution in [0.15, 0.2) is 30.3 Å². The highest BCUT2D eigenvalue weighted by molar-refractivity contribution is 7.71. The molecule has 0 unspecified atom stereocenters. The number of hydrogen-bond acceptors (Lipinski definition) is 4. The zero-order valence-electron chi connectivity index (χ0n) is 11.2. The van der Waals surface area contributed by atoms with E-state index in [9.17, 15) is 0 Å². The van der Waals surface area contributed by atoms with E-state index in [2.05, 4.69) is 17.1 Å². The van der Waals surface area contributed by atoms with E-state index < -0.39 is 0 Å². The van der Waals surface area contributed by atoms with Crippen LogP contribution in [-0.2, 0) is 0 Å². The van der Waals surface area contributed by atoms with E-state index in [1.54, 1.807) is 11.7 Å². The van der Waals surface area contributed by atoms with Crippen LogP contribution in [0.2, 0.25) is 0 Å². The fourth-order valence-electron chi connectivity index (χ4n) is 2.33. The minimum absolute atomic E-state index is 0.336. The number of benzene rings is 2. The minimum atomic E-state index is 0.336. The van der Waals surface area contributed by atoms with E-state index in [4.69, 9.17) is 22.7 Å². The van der Waals surface area contributed by atoms with Crippen molar-refractivity contribution >= 4 is 28.9 Å². The Kier molecular flexibility index (Phi) is 2.94. The van der Waals surface area contributed by atoms with Crippen LogP contribution < -0.4 is 10.5 Å². The number of hydrogen-bond donors (Lipinski definition) is 2. The van der Waals surface area contributed by atoms with E-state index in [-0.39, 0.29) is 0 Å². The van der Waals surface area contributed by atoms with E-state index >= 15 is 0 Å². The number of methoxy groups -OCH3 is 1. The molecule has 6 heteroatoms. The molecule has 0 radical (unpaired) electrons. The normalized spacial score (nSPS) is 10.9. The molecule has 0 aliphatic carbocycles. The minimum Gasteiger partial charge on any atom is -0.497 e. The number of aryl methyl sites for hydroxylation is 1. The van der Waals surface area contributed by atoms with Crippen molar-refractivity contribution in [3.8, 4) is 11.4 Å². The van der Waals surface area contributed by atoms with Crippen molar-refractivity contribution in [2.24, 2.45) is 0 Å². The number of aromatic nitrogens is 3. The topological polar surface area (TPSA) is 68.9 Å². The Morgan fingerprint density at radius 3 is 2.70 bits per heavy atom. The van der Waals surface area contributed by atoms with Gasteiger partial charge in [0.1, 0.15) is 5.75 Å². The molecule has 0 spiro atoms. The first-order valence-corrected chi connectivity index (χ1v) is 6.53. The number of nitrogens with zero attached hydrogens (tertiary/aromatic N) is 2. The van der Waals surface area contributed by atoms with Crippen LogP contribution in [0.1, 0.15) is 5.56 Å². The van der Waals surface area contributed by atoms with Gasteiger partial charge in [0.05, 0.1) is 12.8 Å². The maximum absolute atomic E-state index is 5.90. The van der Waals surface area contributed by atoms with Crippen molar-refractivity contribution < 1.29 is 4.74 Å². The summed E-state index contributed by atoms with van der Waals surface area (Å²) in [5.41, 5.74) is 7.97. The molecule has 3 N–H and O–H groups in total. The maximum atomic E-state index is 5.90. The van der Waals surface area contributed by atoms with Crippen molar-refractivity contribution in [2.75, 3.05) is 12.8 Å². The van der Waals surface area contributed by atoms with Gasteiger partial charge in [-0.25, -0.2) is 5.10 Å². The third kappa shape index (κ3) is 1.85. The fourth-order valence-corrected chi connectivity index (χ4v) is 2.56. The Morgan fingerprint density at radius 1 is 1.25 bits per heavy atom. The van der Waals surface area contributed by atoms with Gasteiger partial charge in [-0.2, -0.15) is 0 Å². The number of aromatic amines is 1. The van der Waals surface area contributed by atoms with Gasteiger partial charge in [0.25, 0.3) is 0 Å². The molecule has 3 rings (SSSR count). The lowest BCUT2D eigenvalue weighted by Crippen LogP contribution is -2.02. The van der Waals surface area contributed by atoms with E-state index in [0.29, 0.717) is 10.7 Å². The van der Waals surface area contributed by atoms with E-state index in [0.717, 1.165) is 22.2 Å². The number of rotatable bonds is 2. The van der Waals surface area contributed by atoms with Gasteiger partial charge >= 0.3 is 0 Å². The van der Waals surface area contributed by atoms with Gasteiger partial charge in [-0.15, -0.1) is 5.10 Å². The van der Waals surface area contributed by atoms with Crippen LogP contribution in [-0.4, -0.2) is 21.9 Å². The third-order valence-electron chi connectivity index (χ3n) is 3.36. The van der Waals surface area contributed by atoms with Crippen molar-refractivity contribution in [1.29, 1.82) is 0 Å². The Labute approximate surface area is 121 Å². The van der Waals surface area contributed by atoms with Crippen LogP contribution >= 0.6 is 12.2 Å². The SMILES string of the molecule is COc1ccc2c(C)ccc(-n3c(N)n[nH]c3=S)c2c1. The second kappa shape index (κ2) is 4.64. The molecule has 0 aliphatic heterocycles. The number of ether oxygens (including phenoxy) is 1. The molecule has 3 aromatic rings. The predicted molar refractivity (Wildman–Crippen MR) is 82.0 cm³/mol. The maximum Gasteiger partial charge on any atom is 0.225 e. The van der Waals surface area contributed by atoms with E-state index in [1.165, 1.54) is 5.56 Å². The average molecular weight is 286 g/mol. The average Bonchev–Trinajstić information content (AvgIpc) is 2.79. The summed E-state index contributed by atoms with van der Waals surface area (Å²) >= 11 is 5.25. The van der Waals surface area contributed by atoms with Crippen molar-refractivity contribution in [2.45, 2.75) is 6.92 Å². The highest BCUT2D eigenvalue weighted by Crippen LogP contribution is 2.30. The summed E-state index contributed by atoms with van der Waals surface area (Å²) in [6.45, 7) is 2.07. The summed E-state index contributed by atoms with van der Waals surface area (Å²) in [5, 5.41) is 8.81. The van der Waals surface area contributed by atoms with Gasteiger partial charge in [-0.3, -0.25) is 4.57 Å². The first-order valence-electron chi connectivity index (χ1n) is 6.12. The molecule has 0 saturated heterocycles. The Bertz CT molecular complexity index is 850. The van der Waals surface area contributed by atoms with Crippen LogP contribution in [0.4, 0.5) is 5.95 Å². The summed E-state index contributed by atoms with van der Waals surface area (Å²) in [6, 6.07) is 9.98. The summed E-state index contributed by atoms with van der Waals surface area (Å²) in [5.74, 6) is 1.13. The van der Waals surface area contributed by atoms with Crippen molar-refractivity contribution in [3.63, 3.8) is 0 Å². The molecule has 20 heavy (non-hydrogen) atoms. The van der Waals surface area contributed by atoms with Gasteiger partial charge < -0.3 is 10.5 Å². The number of nitrogen functional groups attached to an aromatic ring is 1.